The first kappa shape index (κ1) is 16.4. The van der Waals surface area contributed by atoms with E-state index >= 15 is 0 Å². The SMILES string of the molecule is CCN(Cc1cccc([N+](=O)[O-])c1NN)CC(C)(C)O. The number of hydrogen-bond donors (Lipinski definition) is 3. The number of rotatable bonds is 7. The van der Waals surface area contributed by atoms with Gasteiger partial charge in [0.25, 0.3) is 5.69 Å². The van der Waals surface area contributed by atoms with E-state index in [1.165, 1.54) is 6.07 Å². The lowest BCUT2D eigenvalue weighted by Crippen LogP contribution is -2.38. The van der Waals surface area contributed by atoms with Gasteiger partial charge in [-0.05, 0) is 26.0 Å². The molecule has 1 aromatic rings. The first-order valence-corrected chi connectivity index (χ1v) is 6.46. The molecule has 0 spiro atoms. The molecule has 7 heteroatoms. The highest BCUT2D eigenvalue weighted by Crippen LogP contribution is 2.28. The minimum absolute atomic E-state index is 0.0516. The predicted octanol–water partition coefficient (Wildman–Crippen LogP) is 1.47. The maximum Gasteiger partial charge on any atom is 0.293 e. The lowest BCUT2D eigenvalue weighted by Gasteiger charge is -2.28. The van der Waals surface area contributed by atoms with Gasteiger partial charge in [0, 0.05) is 19.2 Å². The summed E-state index contributed by atoms with van der Waals surface area (Å²) in [7, 11) is 0. The highest BCUT2D eigenvalue weighted by atomic mass is 16.6. The molecule has 20 heavy (non-hydrogen) atoms. The normalized spacial score (nSPS) is 11.7. The summed E-state index contributed by atoms with van der Waals surface area (Å²) in [6.45, 7) is 7.09. The van der Waals surface area contributed by atoms with Crippen molar-refractivity contribution >= 4 is 11.4 Å². The first-order valence-electron chi connectivity index (χ1n) is 6.46. The van der Waals surface area contributed by atoms with Gasteiger partial charge in [0.15, 0.2) is 0 Å². The van der Waals surface area contributed by atoms with Crippen LogP contribution in [0.3, 0.4) is 0 Å². The van der Waals surface area contributed by atoms with Crippen molar-refractivity contribution in [3.8, 4) is 0 Å². The summed E-state index contributed by atoms with van der Waals surface area (Å²) in [5.41, 5.74) is 2.57. The fraction of sp³-hybridized carbons (Fsp3) is 0.538. The van der Waals surface area contributed by atoms with Crippen LogP contribution in [-0.4, -0.2) is 33.6 Å². The number of aliphatic hydroxyl groups is 1. The Labute approximate surface area is 118 Å². The van der Waals surface area contributed by atoms with Crippen LogP contribution in [0.15, 0.2) is 18.2 Å². The second kappa shape index (κ2) is 6.65. The molecular formula is C13H22N4O3. The molecular weight excluding hydrogens is 260 g/mol. The van der Waals surface area contributed by atoms with E-state index in [1.807, 2.05) is 11.8 Å². The quantitative estimate of drug-likeness (QED) is 0.397. The Hall–Kier alpha value is -1.70. The number of benzene rings is 1. The summed E-state index contributed by atoms with van der Waals surface area (Å²) in [6, 6.07) is 4.83. The Morgan fingerprint density at radius 1 is 1.50 bits per heavy atom. The number of nitrogens with one attached hydrogen (secondary N) is 1. The summed E-state index contributed by atoms with van der Waals surface area (Å²) in [5.74, 6) is 5.41. The van der Waals surface area contributed by atoms with Crippen molar-refractivity contribution in [2.45, 2.75) is 32.9 Å². The van der Waals surface area contributed by atoms with Gasteiger partial charge in [-0.2, -0.15) is 0 Å². The van der Waals surface area contributed by atoms with E-state index in [0.29, 0.717) is 18.8 Å². The van der Waals surface area contributed by atoms with Gasteiger partial charge in [0.2, 0.25) is 0 Å². The van der Waals surface area contributed by atoms with Gasteiger partial charge >= 0.3 is 0 Å². The van der Waals surface area contributed by atoms with E-state index in [-0.39, 0.29) is 5.69 Å². The standard InChI is InChI=1S/C13H22N4O3/c1-4-16(9-13(2,3)18)8-10-6-5-7-11(17(19)20)12(10)15-14/h5-7,15,18H,4,8-9,14H2,1-3H3. The molecule has 4 N–H and O–H groups in total. The molecule has 0 unspecified atom stereocenters. The largest absolute Gasteiger partial charge is 0.389 e. The van der Waals surface area contributed by atoms with Crippen LogP contribution in [0.4, 0.5) is 11.4 Å². The average Bonchev–Trinajstić information content (AvgIpc) is 2.35. The Balaban J connectivity index is 3.01. The summed E-state index contributed by atoms with van der Waals surface area (Å²) < 4.78 is 0. The molecule has 0 amide bonds. The number of nitrogens with zero attached hydrogens (tertiary/aromatic N) is 2. The fourth-order valence-corrected chi connectivity index (χ4v) is 2.10. The van der Waals surface area contributed by atoms with Gasteiger partial charge < -0.3 is 10.5 Å². The van der Waals surface area contributed by atoms with E-state index in [9.17, 15) is 15.2 Å². The van der Waals surface area contributed by atoms with Crippen LogP contribution in [0.2, 0.25) is 0 Å². The highest BCUT2D eigenvalue weighted by molar-refractivity contribution is 5.65. The summed E-state index contributed by atoms with van der Waals surface area (Å²) in [5, 5.41) is 20.8. The number of hydrazine groups is 1. The number of likely N-dealkylation sites (N-methyl/N-ethyl adjacent to an activating group) is 1. The number of nitrogen functional groups attached to an aromatic ring is 1. The zero-order valence-electron chi connectivity index (χ0n) is 12.1. The van der Waals surface area contributed by atoms with Crippen LogP contribution in [0.1, 0.15) is 26.3 Å². The summed E-state index contributed by atoms with van der Waals surface area (Å²) in [6.07, 6.45) is 0. The predicted molar refractivity (Wildman–Crippen MR) is 78.2 cm³/mol. The van der Waals surface area contributed by atoms with Gasteiger partial charge in [-0.1, -0.05) is 19.1 Å². The maximum absolute atomic E-state index is 11.0. The monoisotopic (exact) mass is 282 g/mol. The number of hydrogen-bond acceptors (Lipinski definition) is 6. The summed E-state index contributed by atoms with van der Waals surface area (Å²) in [4.78, 5) is 12.5. The van der Waals surface area contributed by atoms with Gasteiger partial charge in [-0.25, -0.2) is 0 Å². The van der Waals surface area contributed by atoms with Gasteiger partial charge in [-0.3, -0.25) is 20.9 Å². The molecule has 0 aliphatic rings. The Morgan fingerprint density at radius 3 is 2.60 bits per heavy atom. The maximum atomic E-state index is 11.0. The Morgan fingerprint density at radius 2 is 2.15 bits per heavy atom. The van der Waals surface area contributed by atoms with Crippen LogP contribution >= 0.6 is 0 Å². The Kier molecular flexibility index (Phi) is 5.43. The average molecular weight is 282 g/mol. The molecule has 0 aliphatic carbocycles. The molecule has 0 aliphatic heterocycles. The third-order valence-electron chi connectivity index (χ3n) is 2.92. The van der Waals surface area contributed by atoms with Gasteiger partial charge in [0.1, 0.15) is 5.69 Å². The minimum atomic E-state index is -0.826. The zero-order chi connectivity index (χ0) is 15.3. The van der Waals surface area contributed by atoms with Gasteiger partial charge in [-0.15, -0.1) is 0 Å². The minimum Gasteiger partial charge on any atom is -0.389 e. The van der Waals surface area contributed by atoms with Crippen molar-refractivity contribution < 1.29 is 10.0 Å². The van der Waals surface area contributed by atoms with Crippen LogP contribution < -0.4 is 11.3 Å². The molecule has 1 aromatic carbocycles. The van der Waals surface area contributed by atoms with Crippen LogP contribution in [0.5, 0.6) is 0 Å². The molecule has 0 saturated carbocycles. The lowest BCUT2D eigenvalue weighted by molar-refractivity contribution is -0.384. The van der Waals surface area contributed by atoms with E-state index in [2.05, 4.69) is 5.43 Å². The van der Waals surface area contributed by atoms with Crippen molar-refractivity contribution in [1.82, 2.24) is 4.90 Å². The van der Waals surface area contributed by atoms with E-state index in [1.54, 1.807) is 26.0 Å². The van der Waals surface area contributed by atoms with Crippen LogP contribution in [0.25, 0.3) is 0 Å². The van der Waals surface area contributed by atoms with Crippen LogP contribution in [0, 0.1) is 10.1 Å². The lowest BCUT2D eigenvalue weighted by atomic mass is 10.1. The number of para-hydroxylation sites is 1. The van der Waals surface area contributed by atoms with Crippen LogP contribution in [-0.2, 0) is 6.54 Å². The molecule has 112 valence electrons. The van der Waals surface area contributed by atoms with E-state index in [4.69, 9.17) is 5.84 Å². The molecule has 7 nitrogen and oxygen atoms in total. The molecule has 1 rings (SSSR count). The van der Waals surface area contributed by atoms with Gasteiger partial charge in [0.05, 0.1) is 10.5 Å². The first-order chi connectivity index (χ1) is 9.28. The molecule has 0 radical (unpaired) electrons. The van der Waals surface area contributed by atoms with E-state index < -0.39 is 10.5 Å². The molecule has 0 fully saturated rings. The molecule has 0 bridgehead atoms. The second-order valence-corrected chi connectivity index (χ2v) is 5.33. The van der Waals surface area contributed by atoms with Crippen molar-refractivity contribution in [3.63, 3.8) is 0 Å². The molecule has 0 saturated heterocycles. The molecule has 0 heterocycles. The highest BCUT2D eigenvalue weighted by Gasteiger charge is 2.21. The molecule has 0 aromatic heterocycles. The molecule has 0 atom stereocenters. The second-order valence-electron chi connectivity index (χ2n) is 5.33. The van der Waals surface area contributed by atoms with Crippen molar-refractivity contribution in [3.05, 3.63) is 33.9 Å². The topological polar surface area (TPSA) is 105 Å². The summed E-state index contributed by atoms with van der Waals surface area (Å²) >= 11 is 0. The third kappa shape index (κ3) is 4.44. The number of nitrogens with two attached hydrogens (primary N) is 1. The van der Waals surface area contributed by atoms with E-state index in [0.717, 1.165) is 12.1 Å². The fourth-order valence-electron chi connectivity index (χ4n) is 2.10. The number of nitro benzene ring substituents is 1. The zero-order valence-corrected chi connectivity index (χ0v) is 12.1. The smallest absolute Gasteiger partial charge is 0.293 e. The van der Waals surface area contributed by atoms with Crippen molar-refractivity contribution in [1.29, 1.82) is 0 Å². The Bertz CT molecular complexity index is 471. The number of anilines is 1. The van der Waals surface area contributed by atoms with Crippen molar-refractivity contribution in [2.75, 3.05) is 18.5 Å². The van der Waals surface area contributed by atoms with Crippen molar-refractivity contribution in [2.24, 2.45) is 5.84 Å². The third-order valence-corrected chi connectivity index (χ3v) is 2.92. The number of nitro groups is 1.